The minimum Gasteiger partial charge on any atom is -0.491 e. The van der Waals surface area contributed by atoms with E-state index in [1.807, 2.05) is 24.3 Å². The summed E-state index contributed by atoms with van der Waals surface area (Å²) in [5.41, 5.74) is 0.704. The molecule has 1 heterocycles. The highest BCUT2D eigenvalue weighted by Crippen LogP contribution is 2.30. The summed E-state index contributed by atoms with van der Waals surface area (Å²) >= 11 is 0. The molecule has 2 fully saturated rings. The zero-order chi connectivity index (χ0) is 17.6. The number of nitrogens with one attached hydrogen (secondary N) is 1. The first kappa shape index (κ1) is 17.7. The average molecular weight is 347 g/mol. The fourth-order valence-electron chi connectivity index (χ4n) is 3.48. The molecule has 0 radical (unpaired) electrons. The third kappa shape index (κ3) is 4.95. The highest BCUT2D eigenvalue weighted by Gasteiger charge is 2.29. The highest BCUT2D eigenvalue weighted by molar-refractivity contribution is 5.92. The van der Waals surface area contributed by atoms with E-state index in [2.05, 4.69) is 5.32 Å². The number of carbonyl (C=O) groups is 2. The van der Waals surface area contributed by atoms with Gasteiger partial charge in [-0.25, -0.2) is 0 Å². The first-order chi connectivity index (χ1) is 12.1. The fraction of sp³-hybridized carbons (Fsp3) is 0.579. The molecule has 0 bridgehead atoms. The first-order valence-electron chi connectivity index (χ1n) is 9.00. The van der Waals surface area contributed by atoms with E-state index in [1.165, 1.54) is 0 Å². The smallest absolute Gasteiger partial charge is 0.306 e. The van der Waals surface area contributed by atoms with Crippen molar-refractivity contribution in [2.24, 2.45) is 11.8 Å². The van der Waals surface area contributed by atoms with E-state index in [9.17, 15) is 9.59 Å². The molecule has 1 aromatic rings. The number of anilines is 1. The fourth-order valence-corrected chi connectivity index (χ4v) is 3.48. The molecule has 0 aromatic heterocycles. The average Bonchev–Trinajstić information content (AvgIpc) is 3.14. The van der Waals surface area contributed by atoms with Gasteiger partial charge in [0.05, 0.1) is 12.0 Å². The summed E-state index contributed by atoms with van der Waals surface area (Å²) in [5.74, 6) is -0.511. The van der Waals surface area contributed by atoms with Crippen LogP contribution in [-0.4, -0.2) is 36.3 Å². The molecule has 25 heavy (non-hydrogen) atoms. The van der Waals surface area contributed by atoms with Crippen LogP contribution >= 0.6 is 0 Å². The van der Waals surface area contributed by atoms with Crippen LogP contribution in [0.3, 0.4) is 0 Å². The molecule has 1 saturated carbocycles. The van der Waals surface area contributed by atoms with Gasteiger partial charge in [-0.05, 0) is 50.7 Å². The van der Waals surface area contributed by atoms with Crippen molar-refractivity contribution in [2.75, 3.05) is 18.5 Å². The molecule has 1 amide bonds. The second kappa shape index (κ2) is 8.34. The summed E-state index contributed by atoms with van der Waals surface area (Å²) < 4.78 is 11.3. The summed E-state index contributed by atoms with van der Waals surface area (Å²) in [7, 11) is 0. The molecule has 1 saturated heterocycles. The lowest BCUT2D eigenvalue weighted by Gasteiger charge is -2.25. The lowest BCUT2D eigenvalue weighted by atomic mass is 9.81. The van der Waals surface area contributed by atoms with Crippen LogP contribution < -0.4 is 10.1 Å². The molecular formula is C19H25NO5. The minimum absolute atomic E-state index is 0.0416. The molecule has 1 aliphatic heterocycles. The molecule has 6 nitrogen and oxygen atoms in total. The van der Waals surface area contributed by atoms with Crippen molar-refractivity contribution in [1.29, 1.82) is 0 Å². The van der Waals surface area contributed by atoms with Crippen molar-refractivity contribution >= 4 is 17.6 Å². The van der Waals surface area contributed by atoms with Crippen LogP contribution in [0.5, 0.6) is 5.75 Å². The van der Waals surface area contributed by atoms with Crippen molar-refractivity contribution in [3.63, 3.8) is 0 Å². The van der Waals surface area contributed by atoms with Crippen LogP contribution in [0.15, 0.2) is 24.3 Å². The van der Waals surface area contributed by atoms with Gasteiger partial charge < -0.3 is 19.9 Å². The molecule has 2 N–H and O–H groups in total. The SMILES string of the molecule is O=C(O)C1CCC(C(=O)Nc2cccc(OCC3CCCO3)c2)CC1. The Morgan fingerprint density at radius 1 is 1.16 bits per heavy atom. The zero-order valence-corrected chi connectivity index (χ0v) is 14.3. The lowest BCUT2D eigenvalue weighted by molar-refractivity contribution is -0.143. The summed E-state index contributed by atoms with van der Waals surface area (Å²) in [4.78, 5) is 23.4. The van der Waals surface area contributed by atoms with Crippen LogP contribution in [0.1, 0.15) is 38.5 Å². The van der Waals surface area contributed by atoms with Crippen molar-refractivity contribution in [2.45, 2.75) is 44.6 Å². The van der Waals surface area contributed by atoms with Crippen molar-refractivity contribution in [3.8, 4) is 5.75 Å². The number of amides is 1. The summed E-state index contributed by atoms with van der Waals surface area (Å²) in [6.45, 7) is 1.32. The van der Waals surface area contributed by atoms with E-state index in [4.69, 9.17) is 14.6 Å². The number of hydrogen-bond donors (Lipinski definition) is 2. The monoisotopic (exact) mass is 347 g/mol. The number of aliphatic carboxylic acids is 1. The number of carbonyl (C=O) groups excluding carboxylic acids is 1. The van der Waals surface area contributed by atoms with Crippen LogP contribution in [-0.2, 0) is 14.3 Å². The Hall–Kier alpha value is -2.08. The third-order valence-electron chi connectivity index (χ3n) is 5.01. The Morgan fingerprint density at radius 2 is 1.92 bits per heavy atom. The Kier molecular flexibility index (Phi) is 5.91. The molecule has 6 heteroatoms. The lowest BCUT2D eigenvalue weighted by Crippen LogP contribution is -2.29. The molecule has 1 atom stereocenters. The van der Waals surface area contributed by atoms with E-state index in [-0.39, 0.29) is 23.8 Å². The molecule has 1 unspecified atom stereocenters. The second-order valence-electron chi connectivity index (χ2n) is 6.85. The van der Waals surface area contributed by atoms with Crippen molar-refractivity contribution in [1.82, 2.24) is 0 Å². The molecular weight excluding hydrogens is 322 g/mol. The largest absolute Gasteiger partial charge is 0.491 e. The number of carboxylic acids is 1. The minimum atomic E-state index is -0.755. The Bertz CT molecular complexity index is 604. The summed E-state index contributed by atoms with van der Waals surface area (Å²) in [6, 6.07) is 7.36. The summed E-state index contributed by atoms with van der Waals surface area (Å²) in [6.07, 6.45) is 4.64. The van der Waals surface area contributed by atoms with Gasteiger partial charge in [-0.3, -0.25) is 9.59 Å². The topological polar surface area (TPSA) is 84.9 Å². The van der Waals surface area contributed by atoms with Crippen LogP contribution in [0, 0.1) is 11.8 Å². The second-order valence-corrected chi connectivity index (χ2v) is 6.85. The normalized spacial score (nSPS) is 26.2. The number of ether oxygens (including phenoxy) is 2. The van der Waals surface area contributed by atoms with Gasteiger partial charge >= 0.3 is 5.97 Å². The molecule has 2 aliphatic rings. The maximum absolute atomic E-state index is 12.4. The van der Waals surface area contributed by atoms with Gasteiger partial charge in [0, 0.05) is 24.3 Å². The quantitative estimate of drug-likeness (QED) is 0.826. The Labute approximate surface area is 147 Å². The van der Waals surface area contributed by atoms with Gasteiger partial charge in [0.25, 0.3) is 0 Å². The number of rotatable bonds is 6. The molecule has 0 spiro atoms. The molecule has 1 aromatic carbocycles. The predicted octanol–water partition coefficient (Wildman–Crippen LogP) is 3.07. The van der Waals surface area contributed by atoms with Gasteiger partial charge in [-0.15, -0.1) is 0 Å². The number of hydrogen-bond acceptors (Lipinski definition) is 4. The van der Waals surface area contributed by atoms with Crippen LogP contribution in [0.4, 0.5) is 5.69 Å². The maximum Gasteiger partial charge on any atom is 0.306 e. The Balaban J connectivity index is 1.49. The first-order valence-corrected chi connectivity index (χ1v) is 9.00. The Morgan fingerprint density at radius 3 is 2.60 bits per heavy atom. The van der Waals surface area contributed by atoms with Crippen molar-refractivity contribution in [3.05, 3.63) is 24.3 Å². The van der Waals surface area contributed by atoms with E-state index in [1.54, 1.807) is 0 Å². The van der Waals surface area contributed by atoms with Crippen molar-refractivity contribution < 1.29 is 24.2 Å². The van der Waals surface area contributed by atoms with Crippen LogP contribution in [0.2, 0.25) is 0 Å². The van der Waals surface area contributed by atoms with Gasteiger partial charge in [-0.1, -0.05) is 6.07 Å². The molecule has 136 valence electrons. The van der Waals surface area contributed by atoms with E-state index < -0.39 is 5.97 Å². The third-order valence-corrected chi connectivity index (χ3v) is 5.01. The predicted molar refractivity (Wildman–Crippen MR) is 92.6 cm³/mol. The van der Waals surface area contributed by atoms with Gasteiger partial charge in [-0.2, -0.15) is 0 Å². The molecule has 3 rings (SSSR count). The molecule has 1 aliphatic carbocycles. The summed E-state index contributed by atoms with van der Waals surface area (Å²) in [5, 5.41) is 12.0. The van der Waals surface area contributed by atoms with E-state index >= 15 is 0 Å². The van der Waals surface area contributed by atoms with Gasteiger partial charge in [0.15, 0.2) is 0 Å². The zero-order valence-electron chi connectivity index (χ0n) is 14.3. The standard InChI is InChI=1S/C19H25NO5/c21-18(13-6-8-14(9-7-13)19(22)23)20-15-3-1-4-16(11-15)25-12-17-5-2-10-24-17/h1,3-4,11,13-14,17H,2,5-10,12H2,(H,20,21)(H,22,23). The van der Waals surface area contributed by atoms with E-state index in [0.717, 1.165) is 19.4 Å². The maximum atomic E-state index is 12.4. The highest BCUT2D eigenvalue weighted by atomic mass is 16.5. The number of carboxylic acid groups (broad SMARTS) is 1. The van der Waals surface area contributed by atoms with Crippen LogP contribution in [0.25, 0.3) is 0 Å². The number of benzene rings is 1. The van der Waals surface area contributed by atoms with E-state index in [0.29, 0.717) is 43.7 Å². The van der Waals surface area contributed by atoms with Gasteiger partial charge in [0.1, 0.15) is 12.4 Å². The van der Waals surface area contributed by atoms with Gasteiger partial charge in [0.2, 0.25) is 5.91 Å².